The first kappa shape index (κ1) is 16.5. The molecule has 3 rings (SSSR count). The van der Waals surface area contributed by atoms with Gasteiger partial charge in [-0.2, -0.15) is 0 Å². The lowest BCUT2D eigenvalue weighted by Gasteiger charge is -2.09. The highest BCUT2D eigenvalue weighted by Crippen LogP contribution is 2.49. The maximum Gasteiger partial charge on any atom is 0.223 e. The van der Waals surface area contributed by atoms with E-state index in [-0.39, 0.29) is 23.8 Å². The molecule has 2 atom stereocenters. The van der Waals surface area contributed by atoms with Crippen molar-refractivity contribution in [1.82, 2.24) is 10.6 Å². The van der Waals surface area contributed by atoms with Crippen LogP contribution in [0.25, 0.3) is 10.8 Å². The summed E-state index contributed by atoms with van der Waals surface area (Å²) in [6.45, 7) is 4.25. The molecule has 24 heavy (non-hydrogen) atoms. The van der Waals surface area contributed by atoms with Crippen LogP contribution in [0.3, 0.4) is 0 Å². The zero-order valence-corrected chi connectivity index (χ0v) is 14.2. The average molecular weight is 324 g/mol. The van der Waals surface area contributed by atoms with E-state index in [0.717, 1.165) is 6.42 Å². The highest BCUT2D eigenvalue weighted by atomic mass is 16.2. The van der Waals surface area contributed by atoms with Crippen molar-refractivity contribution >= 4 is 22.6 Å². The molecule has 0 aromatic heterocycles. The van der Waals surface area contributed by atoms with Crippen LogP contribution in [-0.2, 0) is 9.59 Å². The minimum absolute atomic E-state index is 0.0216. The Bertz CT molecular complexity index is 749. The molecule has 4 nitrogen and oxygen atoms in total. The normalized spacial score (nSPS) is 19.3. The van der Waals surface area contributed by atoms with Gasteiger partial charge >= 0.3 is 0 Å². The van der Waals surface area contributed by atoms with Crippen molar-refractivity contribution in [2.75, 3.05) is 6.54 Å². The van der Waals surface area contributed by atoms with Gasteiger partial charge in [0.25, 0.3) is 0 Å². The van der Waals surface area contributed by atoms with Crippen LogP contribution < -0.4 is 10.6 Å². The molecule has 126 valence electrons. The number of nitrogens with one attached hydrogen (secondary N) is 2. The van der Waals surface area contributed by atoms with Crippen LogP contribution in [0.1, 0.15) is 38.2 Å². The second-order valence-electron chi connectivity index (χ2n) is 6.78. The number of hydrogen-bond donors (Lipinski definition) is 2. The Morgan fingerprint density at radius 3 is 2.67 bits per heavy atom. The molecule has 1 aliphatic rings. The lowest BCUT2D eigenvalue weighted by molar-refractivity contribution is -0.123. The summed E-state index contributed by atoms with van der Waals surface area (Å²) < 4.78 is 0. The molecule has 1 aliphatic carbocycles. The van der Waals surface area contributed by atoms with Crippen molar-refractivity contribution in [2.45, 2.75) is 38.6 Å². The Balaban J connectivity index is 1.55. The van der Waals surface area contributed by atoms with Crippen molar-refractivity contribution in [3.05, 3.63) is 48.0 Å². The summed E-state index contributed by atoms with van der Waals surface area (Å²) in [6, 6.07) is 14.7. The first-order chi connectivity index (χ1) is 11.6. The zero-order valence-electron chi connectivity index (χ0n) is 14.2. The third-order valence-electron chi connectivity index (χ3n) is 4.45. The number of hydrogen-bond acceptors (Lipinski definition) is 2. The average Bonchev–Trinajstić information content (AvgIpc) is 3.34. The molecule has 0 aliphatic heterocycles. The van der Waals surface area contributed by atoms with Gasteiger partial charge in [-0.1, -0.05) is 42.5 Å². The molecule has 0 bridgehead atoms. The first-order valence-electron chi connectivity index (χ1n) is 8.61. The van der Waals surface area contributed by atoms with Crippen molar-refractivity contribution in [1.29, 1.82) is 0 Å². The molecule has 0 radical (unpaired) electrons. The fourth-order valence-corrected chi connectivity index (χ4v) is 3.23. The molecule has 2 N–H and O–H groups in total. The fourth-order valence-electron chi connectivity index (χ4n) is 3.23. The quantitative estimate of drug-likeness (QED) is 0.858. The summed E-state index contributed by atoms with van der Waals surface area (Å²) in [5.41, 5.74) is 1.26. The summed E-state index contributed by atoms with van der Waals surface area (Å²) in [6.07, 6.45) is 1.22. The predicted octanol–water partition coefficient (Wildman–Crippen LogP) is 2.97. The maximum atomic E-state index is 12.3. The van der Waals surface area contributed by atoms with Gasteiger partial charge in [-0.15, -0.1) is 0 Å². The van der Waals surface area contributed by atoms with E-state index in [4.69, 9.17) is 0 Å². The van der Waals surface area contributed by atoms with Crippen LogP contribution in [-0.4, -0.2) is 24.4 Å². The van der Waals surface area contributed by atoms with E-state index in [1.807, 2.05) is 26.0 Å². The van der Waals surface area contributed by atoms with Gasteiger partial charge in [-0.25, -0.2) is 0 Å². The first-order valence-corrected chi connectivity index (χ1v) is 8.61. The van der Waals surface area contributed by atoms with Crippen LogP contribution in [0.4, 0.5) is 0 Å². The number of carbonyl (C=O) groups excluding carboxylic acids is 2. The van der Waals surface area contributed by atoms with Crippen molar-refractivity contribution < 1.29 is 9.59 Å². The van der Waals surface area contributed by atoms with Crippen molar-refractivity contribution in [3.8, 4) is 0 Å². The smallest absolute Gasteiger partial charge is 0.223 e. The Kier molecular flexibility index (Phi) is 4.84. The summed E-state index contributed by atoms with van der Waals surface area (Å²) in [4.78, 5) is 23.9. The Morgan fingerprint density at radius 1 is 1.12 bits per heavy atom. The SMILES string of the molecule is CC(C)NC(=O)CCNC(=O)[C@H]1C[C@H]1c1cccc2ccccc12. The molecular formula is C20H24N2O2. The monoisotopic (exact) mass is 324 g/mol. The topological polar surface area (TPSA) is 58.2 Å². The maximum absolute atomic E-state index is 12.3. The molecule has 2 amide bonds. The van der Waals surface area contributed by atoms with E-state index >= 15 is 0 Å². The largest absolute Gasteiger partial charge is 0.355 e. The van der Waals surface area contributed by atoms with E-state index in [2.05, 4.69) is 41.0 Å². The molecule has 1 saturated carbocycles. The molecular weight excluding hydrogens is 300 g/mol. The van der Waals surface area contributed by atoms with Gasteiger partial charge in [0.2, 0.25) is 11.8 Å². The van der Waals surface area contributed by atoms with Crippen molar-refractivity contribution in [2.24, 2.45) is 5.92 Å². The van der Waals surface area contributed by atoms with E-state index in [0.29, 0.717) is 18.9 Å². The number of benzene rings is 2. The summed E-state index contributed by atoms with van der Waals surface area (Å²) in [7, 11) is 0. The number of amides is 2. The zero-order chi connectivity index (χ0) is 17.1. The molecule has 0 unspecified atom stereocenters. The lowest BCUT2D eigenvalue weighted by Crippen LogP contribution is -2.34. The molecule has 2 aromatic carbocycles. The Labute approximate surface area is 142 Å². The summed E-state index contributed by atoms with van der Waals surface area (Å²) in [5, 5.41) is 8.17. The van der Waals surface area contributed by atoms with Crippen LogP contribution in [0.5, 0.6) is 0 Å². The number of rotatable bonds is 6. The third-order valence-corrected chi connectivity index (χ3v) is 4.45. The fraction of sp³-hybridized carbons (Fsp3) is 0.400. The summed E-state index contributed by atoms with van der Waals surface area (Å²) >= 11 is 0. The van der Waals surface area contributed by atoms with Gasteiger partial charge in [0.1, 0.15) is 0 Å². The van der Waals surface area contributed by atoms with E-state index in [9.17, 15) is 9.59 Å². The van der Waals surface area contributed by atoms with Crippen LogP contribution in [0.15, 0.2) is 42.5 Å². The molecule has 0 saturated heterocycles. The van der Waals surface area contributed by atoms with Gasteiger partial charge in [-0.05, 0) is 42.5 Å². The third kappa shape index (κ3) is 3.75. The van der Waals surface area contributed by atoms with Gasteiger partial charge in [0.05, 0.1) is 0 Å². The molecule has 0 spiro atoms. The predicted molar refractivity (Wildman–Crippen MR) is 95.7 cm³/mol. The second-order valence-corrected chi connectivity index (χ2v) is 6.78. The summed E-state index contributed by atoms with van der Waals surface area (Å²) in [5.74, 6) is 0.363. The minimum atomic E-state index is -0.0216. The second kappa shape index (κ2) is 7.04. The van der Waals surface area contributed by atoms with E-state index in [1.165, 1.54) is 16.3 Å². The molecule has 2 aromatic rings. The van der Waals surface area contributed by atoms with Crippen molar-refractivity contribution in [3.63, 3.8) is 0 Å². The van der Waals surface area contributed by atoms with Gasteiger partial charge < -0.3 is 10.6 Å². The Morgan fingerprint density at radius 2 is 1.88 bits per heavy atom. The van der Waals surface area contributed by atoms with Crippen LogP contribution >= 0.6 is 0 Å². The molecule has 0 heterocycles. The van der Waals surface area contributed by atoms with Crippen LogP contribution in [0.2, 0.25) is 0 Å². The number of fused-ring (bicyclic) bond motifs is 1. The minimum Gasteiger partial charge on any atom is -0.355 e. The lowest BCUT2D eigenvalue weighted by atomic mass is 10.00. The number of carbonyl (C=O) groups is 2. The van der Waals surface area contributed by atoms with Gasteiger partial charge in [-0.3, -0.25) is 9.59 Å². The van der Waals surface area contributed by atoms with E-state index in [1.54, 1.807) is 0 Å². The van der Waals surface area contributed by atoms with Gasteiger partial charge in [0.15, 0.2) is 0 Å². The molecule has 1 fully saturated rings. The highest BCUT2D eigenvalue weighted by molar-refractivity contribution is 5.89. The van der Waals surface area contributed by atoms with E-state index < -0.39 is 0 Å². The standard InChI is InChI=1S/C20H24N2O2/c1-13(2)22-19(23)10-11-21-20(24)18-12-17(18)16-9-5-7-14-6-3-4-8-15(14)16/h3-9,13,17-18H,10-12H2,1-2H3,(H,21,24)(H,22,23)/t17-,18-/m0/s1. The Hall–Kier alpha value is -2.36. The molecule has 4 heteroatoms. The highest BCUT2D eigenvalue weighted by Gasteiger charge is 2.44. The van der Waals surface area contributed by atoms with Gasteiger partial charge in [0, 0.05) is 24.9 Å². The van der Waals surface area contributed by atoms with Crippen LogP contribution in [0, 0.1) is 5.92 Å².